The van der Waals surface area contributed by atoms with Crippen molar-refractivity contribution < 1.29 is 17.6 Å². The Morgan fingerprint density at radius 2 is 2.11 bits per heavy atom. The molecule has 0 atom stereocenters. The molecule has 0 saturated heterocycles. The number of aromatic nitrogens is 2. The third kappa shape index (κ3) is 6.59. The molecule has 0 aliphatic carbocycles. The lowest BCUT2D eigenvalue weighted by Crippen LogP contribution is -2.37. The van der Waals surface area contributed by atoms with Crippen LogP contribution in [0.1, 0.15) is 13.8 Å². The van der Waals surface area contributed by atoms with Crippen molar-refractivity contribution >= 4 is 61.4 Å². The molecule has 0 bridgehead atoms. The van der Waals surface area contributed by atoms with Crippen molar-refractivity contribution in [1.29, 1.82) is 0 Å². The fourth-order valence-electron chi connectivity index (χ4n) is 1.89. The van der Waals surface area contributed by atoms with E-state index in [0.29, 0.717) is 10.3 Å². The summed E-state index contributed by atoms with van der Waals surface area (Å²) in [4.78, 5) is 12.3. The van der Waals surface area contributed by atoms with Gasteiger partial charge in [-0.1, -0.05) is 48.5 Å². The average molecular weight is 453 g/mol. The Kier molecular flexibility index (Phi) is 7.43. The Balaban J connectivity index is 2.09. The number of benzene rings is 1. The largest absolute Gasteiger partial charge is 0.299 e. The maximum atomic E-state index is 13.3. The molecule has 0 fully saturated rings. The summed E-state index contributed by atoms with van der Waals surface area (Å²) in [7, 11) is -3.79. The highest BCUT2D eigenvalue weighted by molar-refractivity contribution is 8.01. The minimum Gasteiger partial charge on any atom is -0.299 e. The number of nitrogens with zero attached hydrogens (tertiary/aromatic N) is 3. The van der Waals surface area contributed by atoms with Crippen molar-refractivity contribution in [3.8, 4) is 0 Å². The van der Waals surface area contributed by atoms with Crippen molar-refractivity contribution in [2.24, 2.45) is 5.92 Å². The minimum atomic E-state index is -3.79. The van der Waals surface area contributed by atoms with Gasteiger partial charge in [0.2, 0.25) is 21.1 Å². The zero-order valence-electron chi connectivity index (χ0n) is 14.8. The van der Waals surface area contributed by atoms with Gasteiger partial charge in [0.15, 0.2) is 4.34 Å². The van der Waals surface area contributed by atoms with Gasteiger partial charge in [0.1, 0.15) is 12.4 Å². The van der Waals surface area contributed by atoms with Crippen LogP contribution in [0.15, 0.2) is 22.5 Å². The second-order valence-corrected chi connectivity index (χ2v) is 10.6. The van der Waals surface area contributed by atoms with E-state index in [4.69, 9.17) is 11.6 Å². The van der Waals surface area contributed by atoms with Gasteiger partial charge >= 0.3 is 0 Å². The molecule has 12 heteroatoms. The van der Waals surface area contributed by atoms with Gasteiger partial charge in [-0.3, -0.25) is 14.4 Å². The minimum absolute atomic E-state index is 0.0875. The van der Waals surface area contributed by atoms with Crippen molar-refractivity contribution in [1.82, 2.24) is 10.2 Å². The van der Waals surface area contributed by atoms with E-state index in [1.165, 1.54) is 29.2 Å². The number of halogens is 2. The number of sulfonamides is 1. The Bertz CT molecular complexity index is 921. The molecule has 0 aliphatic heterocycles. The van der Waals surface area contributed by atoms with Gasteiger partial charge in [0.05, 0.1) is 17.0 Å². The number of carbonyl (C=O) groups excluding carboxylic acids is 1. The number of nitrogens with one attached hydrogen (secondary N) is 1. The predicted molar refractivity (Wildman–Crippen MR) is 108 cm³/mol. The van der Waals surface area contributed by atoms with Crippen LogP contribution in [0, 0.1) is 11.7 Å². The Hall–Kier alpha value is -1.43. The van der Waals surface area contributed by atoms with Gasteiger partial charge in [-0.25, -0.2) is 12.8 Å². The maximum Gasteiger partial charge on any atom is 0.246 e. The molecule has 2 aromatic rings. The van der Waals surface area contributed by atoms with E-state index in [1.54, 1.807) is 0 Å². The first-order valence-corrected chi connectivity index (χ1v) is 11.8. The molecule has 0 radical (unpaired) electrons. The molecular weight excluding hydrogens is 435 g/mol. The SMILES string of the molecule is CC(C)CSc1nnc(NC(=O)CN(c2ccc(F)c(Cl)c2)S(C)(=O)=O)s1. The second kappa shape index (κ2) is 9.18. The molecule has 0 saturated carbocycles. The van der Waals surface area contributed by atoms with Crippen LogP contribution in [0.2, 0.25) is 5.02 Å². The van der Waals surface area contributed by atoms with Crippen molar-refractivity contribution in [2.45, 2.75) is 18.2 Å². The normalized spacial score (nSPS) is 11.6. The first-order chi connectivity index (χ1) is 12.6. The van der Waals surface area contributed by atoms with Crippen LogP contribution in [0.25, 0.3) is 0 Å². The van der Waals surface area contributed by atoms with Gasteiger partial charge in [0, 0.05) is 5.75 Å². The lowest BCUT2D eigenvalue weighted by molar-refractivity contribution is -0.114. The molecule has 1 aromatic carbocycles. The third-order valence-electron chi connectivity index (χ3n) is 3.07. The molecule has 2 rings (SSSR count). The van der Waals surface area contributed by atoms with Crippen LogP contribution >= 0.6 is 34.7 Å². The van der Waals surface area contributed by atoms with Crippen LogP contribution in [0.5, 0.6) is 0 Å². The number of amides is 1. The molecule has 7 nitrogen and oxygen atoms in total. The van der Waals surface area contributed by atoms with Gasteiger partial charge in [0.25, 0.3) is 0 Å². The first kappa shape index (κ1) is 21.9. The zero-order chi connectivity index (χ0) is 20.2. The molecule has 0 unspecified atom stereocenters. The highest BCUT2D eigenvalue weighted by Crippen LogP contribution is 2.27. The fraction of sp³-hybridized carbons (Fsp3) is 0.400. The Morgan fingerprint density at radius 3 is 2.70 bits per heavy atom. The fourth-order valence-corrected chi connectivity index (χ4v) is 4.65. The summed E-state index contributed by atoms with van der Waals surface area (Å²) in [6.07, 6.45) is 0.948. The monoisotopic (exact) mass is 452 g/mol. The standard InChI is InChI=1S/C15H18ClFN4O3S3/c1-9(2)8-25-15-20-19-14(26-15)18-13(22)7-21(27(3,23)24)10-4-5-12(17)11(16)6-10/h4-6,9H,7-8H2,1-3H3,(H,18,19,22). The highest BCUT2D eigenvalue weighted by atomic mass is 35.5. The summed E-state index contributed by atoms with van der Waals surface area (Å²) in [5.41, 5.74) is 0.0875. The lowest BCUT2D eigenvalue weighted by atomic mass is 10.3. The van der Waals surface area contributed by atoms with Gasteiger partial charge in [-0.05, 0) is 24.1 Å². The lowest BCUT2D eigenvalue weighted by Gasteiger charge is -2.21. The molecule has 0 spiro atoms. The van der Waals surface area contributed by atoms with E-state index in [9.17, 15) is 17.6 Å². The molecule has 1 amide bonds. The van der Waals surface area contributed by atoms with Crippen molar-refractivity contribution in [3.63, 3.8) is 0 Å². The quantitative estimate of drug-likeness (QED) is 0.487. The maximum absolute atomic E-state index is 13.3. The number of rotatable bonds is 8. The van der Waals surface area contributed by atoms with Crippen molar-refractivity contribution in [3.05, 3.63) is 29.0 Å². The second-order valence-electron chi connectivity index (χ2n) is 5.99. The van der Waals surface area contributed by atoms with E-state index in [-0.39, 0.29) is 15.8 Å². The van der Waals surface area contributed by atoms with E-state index < -0.39 is 28.3 Å². The summed E-state index contributed by atoms with van der Waals surface area (Å²) in [5, 5.41) is 10.4. The summed E-state index contributed by atoms with van der Waals surface area (Å²) in [6.45, 7) is 3.66. The van der Waals surface area contributed by atoms with Crippen LogP contribution in [0.3, 0.4) is 0 Å². The van der Waals surface area contributed by atoms with E-state index >= 15 is 0 Å². The number of thioether (sulfide) groups is 1. The van der Waals surface area contributed by atoms with Crippen LogP contribution < -0.4 is 9.62 Å². The van der Waals surface area contributed by atoms with Gasteiger partial charge < -0.3 is 0 Å². The van der Waals surface area contributed by atoms with Gasteiger partial charge in [-0.15, -0.1) is 10.2 Å². The van der Waals surface area contributed by atoms with Crippen LogP contribution in [-0.4, -0.2) is 43.1 Å². The molecule has 148 valence electrons. The summed E-state index contributed by atoms with van der Waals surface area (Å²) < 4.78 is 39.0. The topological polar surface area (TPSA) is 92.3 Å². The van der Waals surface area contributed by atoms with E-state index in [1.807, 2.05) is 0 Å². The van der Waals surface area contributed by atoms with E-state index in [2.05, 4.69) is 29.4 Å². The first-order valence-electron chi connectivity index (χ1n) is 7.75. The van der Waals surface area contributed by atoms with E-state index in [0.717, 1.165) is 28.4 Å². The molecule has 1 heterocycles. The molecule has 27 heavy (non-hydrogen) atoms. The average Bonchev–Trinajstić information content (AvgIpc) is 3.00. The number of hydrogen-bond acceptors (Lipinski definition) is 7. The molecule has 1 N–H and O–H groups in total. The predicted octanol–water partition coefficient (Wildman–Crippen LogP) is 3.48. The smallest absolute Gasteiger partial charge is 0.246 e. The van der Waals surface area contributed by atoms with Crippen LogP contribution in [0.4, 0.5) is 15.2 Å². The number of anilines is 2. The summed E-state index contributed by atoms with van der Waals surface area (Å²) in [6, 6.07) is 3.43. The Labute approximate surface area is 170 Å². The third-order valence-corrected chi connectivity index (χ3v) is 6.90. The number of hydrogen-bond donors (Lipinski definition) is 1. The summed E-state index contributed by atoms with van der Waals surface area (Å²) in [5.74, 6) is 0.0780. The van der Waals surface area contributed by atoms with Crippen LogP contribution in [-0.2, 0) is 14.8 Å². The molecule has 0 aliphatic rings. The van der Waals surface area contributed by atoms with Gasteiger partial charge in [-0.2, -0.15) is 0 Å². The number of carbonyl (C=O) groups is 1. The molecular formula is C15H18ClFN4O3S3. The summed E-state index contributed by atoms with van der Waals surface area (Å²) >= 11 is 8.45. The Morgan fingerprint density at radius 1 is 1.41 bits per heavy atom. The highest BCUT2D eigenvalue weighted by Gasteiger charge is 2.22. The zero-order valence-corrected chi connectivity index (χ0v) is 18.0. The van der Waals surface area contributed by atoms with Crippen molar-refractivity contribution in [2.75, 3.05) is 28.2 Å². The molecule has 1 aromatic heterocycles.